The zero-order valence-electron chi connectivity index (χ0n) is 10.3. The molecule has 3 rings (SSSR count). The Kier molecular flexibility index (Phi) is 3.71. The molecular weight excluding hydrogens is 367 g/mol. The summed E-state index contributed by atoms with van der Waals surface area (Å²) >= 11 is 3.17. The van der Waals surface area contributed by atoms with Crippen LogP contribution in [-0.4, -0.2) is 10.5 Å². The van der Waals surface area contributed by atoms with E-state index in [1.807, 2.05) is 6.07 Å². The van der Waals surface area contributed by atoms with Crippen molar-refractivity contribution in [3.05, 3.63) is 46.9 Å². The standard InChI is InChI=1S/C14H7BrF3NOS/c15-9-4-5-11-12(7-9)20-13(19-11)8-2-1-3-10(6-8)21-14(16,17)18/h1-7H. The van der Waals surface area contributed by atoms with Crippen LogP contribution in [0.4, 0.5) is 13.2 Å². The van der Waals surface area contributed by atoms with Gasteiger partial charge < -0.3 is 4.42 Å². The van der Waals surface area contributed by atoms with Gasteiger partial charge in [0.15, 0.2) is 5.58 Å². The number of alkyl halides is 3. The molecule has 0 aliphatic heterocycles. The Morgan fingerprint density at radius 3 is 2.67 bits per heavy atom. The van der Waals surface area contributed by atoms with E-state index in [1.165, 1.54) is 12.1 Å². The summed E-state index contributed by atoms with van der Waals surface area (Å²) < 4.78 is 43.7. The second kappa shape index (κ2) is 5.38. The monoisotopic (exact) mass is 373 g/mol. The lowest BCUT2D eigenvalue weighted by Crippen LogP contribution is -1.98. The number of aromatic nitrogens is 1. The molecular formula is C14H7BrF3NOS. The van der Waals surface area contributed by atoms with Gasteiger partial charge in [-0.05, 0) is 48.2 Å². The predicted molar refractivity (Wildman–Crippen MR) is 79.1 cm³/mol. The molecule has 0 aliphatic carbocycles. The first-order chi connectivity index (χ1) is 9.90. The SMILES string of the molecule is FC(F)(F)Sc1cccc(-c2nc3ccc(Br)cc3o2)c1. The molecule has 0 amide bonds. The van der Waals surface area contributed by atoms with Crippen LogP contribution >= 0.6 is 27.7 Å². The van der Waals surface area contributed by atoms with Gasteiger partial charge in [0.25, 0.3) is 0 Å². The van der Waals surface area contributed by atoms with Crippen molar-refractivity contribution in [3.63, 3.8) is 0 Å². The average molecular weight is 374 g/mol. The lowest BCUT2D eigenvalue weighted by atomic mass is 10.2. The van der Waals surface area contributed by atoms with Crippen LogP contribution in [0.25, 0.3) is 22.6 Å². The van der Waals surface area contributed by atoms with Gasteiger partial charge in [0.1, 0.15) is 5.52 Å². The first-order valence-corrected chi connectivity index (χ1v) is 7.44. The van der Waals surface area contributed by atoms with E-state index in [0.717, 1.165) is 4.47 Å². The maximum atomic E-state index is 12.4. The first kappa shape index (κ1) is 14.5. The number of rotatable bonds is 2. The highest BCUT2D eigenvalue weighted by molar-refractivity contribution is 9.10. The van der Waals surface area contributed by atoms with E-state index in [2.05, 4.69) is 20.9 Å². The highest BCUT2D eigenvalue weighted by atomic mass is 79.9. The molecule has 0 atom stereocenters. The maximum absolute atomic E-state index is 12.4. The van der Waals surface area contributed by atoms with E-state index in [0.29, 0.717) is 22.6 Å². The van der Waals surface area contributed by atoms with Crippen molar-refractivity contribution >= 4 is 38.8 Å². The third-order valence-corrected chi connectivity index (χ3v) is 3.88. The number of benzene rings is 2. The summed E-state index contributed by atoms with van der Waals surface area (Å²) in [6.07, 6.45) is 0. The van der Waals surface area contributed by atoms with Crippen molar-refractivity contribution in [1.82, 2.24) is 4.98 Å². The molecule has 108 valence electrons. The number of nitrogens with zero attached hydrogens (tertiary/aromatic N) is 1. The quantitative estimate of drug-likeness (QED) is 0.525. The van der Waals surface area contributed by atoms with E-state index in [9.17, 15) is 13.2 Å². The molecule has 2 aromatic carbocycles. The summed E-state index contributed by atoms with van der Waals surface area (Å²) in [6, 6.07) is 11.4. The van der Waals surface area contributed by atoms with Crippen LogP contribution in [0, 0.1) is 0 Å². The molecule has 0 radical (unpaired) electrons. The van der Waals surface area contributed by atoms with Crippen LogP contribution in [0.3, 0.4) is 0 Å². The van der Waals surface area contributed by atoms with Gasteiger partial charge in [0, 0.05) is 14.9 Å². The molecule has 2 nitrogen and oxygen atoms in total. The lowest BCUT2D eigenvalue weighted by molar-refractivity contribution is -0.0328. The van der Waals surface area contributed by atoms with Crippen molar-refractivity contribution in [3.8, 4) is 11.5 Å². The fraction of sp³-hybridized carbons (Fsp3) is 0.0714. The Morgan fingerprint density at radius 1 is 1.10 bits per heavy atom. The van der Waals surface area contributed by atoms with Crippen LogP contribution in [0.5, 0.6) is 0 Å². The Bertz CT molecular complexity index is 800. The minimum absolute atomic E-state index is 0.100. The zero-order chi connectivity index (χ0) is 15.0. The molecule has 0 bridgehead atoms. The van der Waals surface area contributed by atoms with Crippen LogP contribution in [0.2, 0.25) is 0 Å². The second-order valence-corrected chi connectivity index (χ2v) is 6.26. The third-order valence-electron chi connectivity index (χ3n) is 2.67. The van der Waals surface area contributed by atoms with Gasteiger partial charge in [-0.1, -0.05) is 22.0 Å². The highest BCUT2D eigenvalue weighted by Crippen LogP contribution is 2.38. The van der Waals surface area contributed by atoms with Gasteiger partial charge in [-0.15, -0.1) is 0 Å². The average Bonchev–Trinajstić information content (AvgIpc) is 2.80. The molecule has 1 aromatic heterocycles. The van der Waals surface area contributed by atoms with Crippen LogP contribution < -0.4 is 0 Å². The molecule has 7 heteroatoms. The Balaban J connectivity index is 2.00. The predicted octanol–water partition coefficient (Wildman–Crippen LogP) is 5.87. The summed E-state index contributed by atoms with van der Waals surface area (Å²) in [5.74, 6) is 0.299. The molecule has 3 aromatic rings. The van der Waals surface area contributed by atoms with E-state index < -0.39 is 5.51 Å². The van der Waals surface area contributed by atoms with Crippen molar-refractivity contribution in [2.75, 3.05) is 0 Å². The molecule has 1 heterocycles. The van der Waals surface area contributed by atoms with Crippen LogP contribution in [-0.2, 0) is 0 Å². The Morgan fingerprint density at radius 2 is 1.90 bits per heavy atom. The zero-order valence-corrected chi connectivity index (χ0v) is 12.7. The van der Waals surface area contributed by atoms with Crippen molar-refractivity contribution in [1.29, 1.82) is 0 Å². The smallest absolute Gasteiger partial charge is 0.436 e. The summed E-state index contributed by atoms with van der Waals surface area (Å²) in [4.78, 5) is 4.38. The van der Waals surface area contributed by atoms with E-state index in [1.54, 1.807) is 24.3 Å². The summed E-state index contributed by atoms with van der Waals surface area (Å²) in [6.45, 7) is 0. The molecule has 0 spiro atoms. The molecule has 21 heavy (non-hydrogen) atoms. The van der Waals surface area contributed by atoms with Crippen LogP contribution in [0.15, 0.2) is 56.2 Å². The van der Waals surface area contributed by atoms with E-state index in [4.69, 9.17) is 4.42 Å². The number of hydrogen-bond acceptors (Lipinski definition) is 3. The normalized spacial score (nSPS) is 12.0. The van der Waals surface area contributed by atoms with Crippen molar-refractivity contribution < 1.29 is 17.6 Å². The summed E-state index contributed by atoms with van der Waals surface area (Å²) in [5, 5.41) is 0. The molecule has 0 N–H and O–H groups in total. The van der Waals surface area contributed by atoms with E-state index in [-0.39, 0.29) is 16.7 Å². The van der Waals surface area contributed by atoms with Crippen LogP contribution in [0.1, 0.15) is 0 Å². The van der Waals surface area contributed by atoms with Crippen molar-refractivity contribution in [2.45, 2.75) is 10.4 Å². The number of thioether (sulfide) groups is 1. The summed E-state index contributed by atoms with van der Waals surface area (Å²) in [5.41, 5.74) is -2.57. The topological polar surface area (TPSA) is 26.0 Å². The molecule has 0 aliphatic rings. The maximum Gasteiger partial charge on any atom is 0.446 e. The fourth-order valence-corrected chi connectivity index (χ4v) is 2.79. The Hall–Kier alpha value is -1.47. The molecule has 0 fully saturated rings. The lowest BCUT2D eigenvalue weighted by Gasteiger charge is -2.05. The van der Waals surface area contributed by atoms with Gasteiger partial charge in [-0.25, -0.2) is 4.98 Å². The van der Waals surface area contributed by atoms with Crippen molar-refractivity contribution in [2.24, 2.45) is 0 Å². The highest BCUT2D eigenvalue weighted by Gasteiger charge is 2.29. The van der Waals surface area contributed by atoms with Gasteiger partial charge in [0.2, 0.25) is 5.89 Å². The van der Waals surface area contributed by atoms with Gasteiger partial charge in [-0.2, -0.15) is 13.2 Å². The number of halogens is 4. The number of hydrogen-bond donors (Lipinski definition) is 0. The molecule has 0 saturated heterocycles. The third kappa shape index (κ3) is 3.41. The largest absolute Gasteiger partial charge is 0.446 e. The van der Waals surface area contributed by atoms with Gasteiger partial charge in [0.05, 0.1) is 0 Å². The second-order valence-electron chi connectivity index (χ2n) is 4.21. The minimum Gasteiger partial charge on any atom is -0.436 e. The minimum atomic E-state index is -4.31. The first-order valence-electron chi connectivity index (χ1n) is 5.83. The van der Waals surface area contributed by atoms with E-state index >= 15 is 0 Å². The summed E-state index contributed by atoms with van der Waals surface area (Å²) in [7, 11) is 0. The van der Waals surface area contributed by atoms with Gasteiger partial charge >= 0.3 is 5.51 Å². The number of oxazole rings is 1. The Labute approximate surface area is 130 Å². The van der Waals surface area contributed by atoms with Gasteiger partial charge in [-0.3, -0.25) is 0 Å². The molecule has 0 saturated carbocycles. The molecule has 0 unspecified atom stereocenters. The fourth-order valence-electron chi connectivity index (χ4n) is 1.85. The number of fused-ring (bicyclic) bond motifs is 1.